The highest BCUT2D eigenvalue weighted by Gasteiger charge is 2.13. The minimum atomic E-state index is -0.632. The van der Waals surface area contributed by atoms with Crippen LogP contribution in [0.15, 0.2) is 30.5 Å². The Labute approximate surface area is 89.3 Å². The Bertz CT molecular complexity index is 454. The van der Waals surface area contributed by atoms with Crippen molar-refractivity contribution in [3.8, 4) is 0 Å². The van der Waals surface area contributed by atoms with Crippen molar-refractivity contribution in [1.29, 1.82) is 0 Å². The summed E-state index contributed by atoms with van der Waals surface area (Å²) in [6, 6.07) is 8.10. The molecule has 1 heterocycles. The quantitative estimate of drug-likeness (QED) is 0.832. The van der Waals surface area contributed by atoms with E-state index in [9.17, 15) is 5.11 Å². The van der Waals surface area contributed by atoms with Crippen molar-refractivity contribution >= 4 is 10.9 Å². The van der Waals surface area contributed by atoms with Crippen molar-refractivity contribution in [2.24, 2.45) is 0 Å². The summed E-state index contributed by atoms with van der Waals surface area (Å²) in [7, 11) is 0. The lowest BCUT2D eigenvalue weighted by molar-refractivity contribution is 0.0655. The zero-order chi connectivity index (χ0) is 10.9. The lowest BCUT2D eigenvalue weighted by atomic mass is 10.1. The number of aliphatic hydroxyl groups is 1. The Kier molecular flexibility index (Phi) is 2.49. The molecule has 0 bridgehead atoms. The molecule has 2 rings (SSSR count). The van der Waals surface area contributed by atoms with E-state index in [1.807, 2.05) is 49.0 Å². The van der Waals surface area contributed by atoms with Crippen LogP contribution in [-0.4, -0.2) is 20.5 Å². The van der Waals surface area contributed by atoms with Crippen LogP contribution < -0.4 is 0 Å². The van der Waals surface area contributed by atoms with Crippen LogP contribution in [0.5, 0.6) is 0 Å². The summed E-state index contributed by atoms with van der Waals surface area (Å²) in [5.74, 6) is 0. The van der Waals surface area contributed by atoms with Gasteiger partial charge in [0.1, 0.15) is 0 Å². The third-order valence-electron chi connectivity index (χ3n) is 2.49. The Balaban J connectivity index is 2.22. The normalized spacial score (nSPS) is 12.2. The highest BCUT2D eigenvalue weighted by molar-refractivity contribution is 5.78. The van der Waals surface area contributed by atoms with Gasteiger partial charge in [0.05, 0.1) is 17.3 Å². The number of nitrogens with zero attached hydrogens (tertiary/aromatic N) is 2. The molecule has 0 aliphatic carbocycles. The Morgan fingerprint density at radius 2 is 2.07 bits per heavy atom. The first kappa shape index (κ1) is 10.2. The summed E-state index contributed by atoms with van der Waals surface area (Å²) in [4.78, 5) is 0. The van der Waals surface area contributed by atoms with E-state index in [0.29, 0.717) is 6.42 Å². The van der Waals surface area contributed by atoms with Crippen molar-refractivity contribution in [3.63, 3.8) is 0 Å². The Hall–Kier alpha value is -1.35. The van der Waals surface area contributed by atoms with Crippen LogP contribution in [0.1, 0.15) is 20.3 Å². The maximum absolute atomic E-state index is 9.65. The molecule has 0 radical (unpaired) electrons. The number of fused-ring (bicyclic) bond motifs is 1. The van der Waals surface area contributed by atoms with Crippen LogP contribution in [-0.2, 0) is 6.54 Å². The van der Waals surface area contributed by atoms with Gasteiger partial charge in [-0.05, 0) is 26.3 Å². The van der Waals surface area contributed by atoms with Crippen LogP contribution in [0.4, 0.5) is 0 Å². The van der Waals surface area contributed by atoms with Crippen LogP contribution >= 0.6 is 0 Å². The van der Waals surface area contributed by atoms with Crippen molar-refractivity contribution in [2.45, 2.75) is 32.4 Å². The van der Waals surface area contributed by atoms with Crippen molar-refractivity contribution in [1.82, 2.24) is 9.78 Å². The predicted octanol–water partition coefficient (Wildman–Crippen LogP) is 2.20. The molecule has 0 fully saturated rings. The predicted molar refractivity (Wildman–Crippen MR) is 60.6 cm³/mol. The Morgan fingerprint density at radius 1 is 1.33 bits per heavy atom. The number of aryl methyl sites for hydroxylation is 1. The minimum absolute atomic E-state index is 0.632. The molecule has 80 valence electrons. The van der Waals surface area contributed by atoms with E-state index in [2.05, 4.69) is 5.10 Å². The topological polar surface area (TPSA) is 38.0 Å². The fourth-order valence-electron chi connectivity index (χ4n) is 1.58. The third kappa shape index (κ3) is 2.36. The van der Waals surface area contributed by atoms with E-state index in [-0.39, 0.29) is 0 Å². The van der Waals surface area contributed by atoms with Crippen molar-refractivity contribution < 1.29 is 5.11 Å². The number of hydrogen-bond donors (Lipinski definition) is 1. The van der Waals surface area contributed by atoms with Gasteiger partial charge in [-0.3, -0.25) is 4.68 Å². The lowest BCUT2D eigenvalue weighted by Crippen LogP contribution is -2.21. The number of aromatic nitrogens is 2. The number of benzene rings is 1. The van der Waals surface area contributed by atoms with Crippen molar-refractivity contribution in [2.75, 3.05) is 0 Å². The highest BCUT2D eigenvalue weighted by atomic mass is 16.3. The summed E-state index contributed by atoms with van der Waals surface area (Å²) >= 11 is 0. The van der Waals surface area contributed by atoms with Gasteiger partial charge >= 0.3 is 0 Å². The number of para-hydroxylation sites is 1. The van der Waals surface area contributed by atoms with Gasteiger partial charge in [-0.25, -0.2) is 0 Å². The summed E-state index contributed by atoms with van der Waals surface area (Å²) in [6.45, 7) is 4.38. The minimum Gasteiger partial charge on any atom is -0.390 e. The highest BCUT2D eigenvalue weighted by Crippen LogP contribution is 2.15. The maximum atomic E-state index is 9.65. The first-order valence-electron chi connectivity index (χ1n) is 5.19. The summed E-state index contributed by atoms with van der Waals surface area (Å²) in [5, 5.41) is 15.1. The van der Waals surface area contributed by atoms with E-state index in [1.54, 1.807) is 0 Å². The first-order chi connectivity index (χ1) is 7.06. The van der Waals surface area contributed by atoms with Gasteiger partial charge in [-0.2, -0.15) is 5.10 Å². The van der Waals surface area contributed by atoms with Crippen LogP contribution in [0.25, 0.3) is 10.9 Å². The maximum Gasteiger partial charge on any atom is 0.0682 e. The Morgan fingerprint density at radius 3 is 2.80 bits per heavy atom. The SMILES string of the molecule is CC(C)(O)CCn1ncc2ccccc21. The molecule has 3 nitrogen and oxygen atoms in total. The molecule has 0 saturated carbocycles. The van der Waals surface area contributed by atoms with E-state index >= 15 is 0 Å². The molecular formula is C12H16N2O. The fourth-order valence-corrected chi connectivity index (χ4v) is 1.58. The summed E-state index contributed by atoms with van der Waals surface area (Å²) in [6.07, 6.45) is 2.57. The van der Waals surface area contributed by atoms with Gasteiger partial charge in [0.2, 0.25) is 0 Å². The average molecular weight is 204 g/mol. The molecule has 1 aromatic heterocycles. The molecule has 0 saturated heterocycles. The van der Waals surface area contributed by atoms with Crippen LogP contribution in [0.2, 0.25) is 0 Å². The molecule has 0 amide bonds. The standard InChI is InChI=1S/C12H16N2O/c1-12(2,15)7-8-14-11-6-4-3-5-10(11)9-13-14/h3-6,9,15H,7-8H2,1-2H3. The zero-order valence-electron chi connectivity index (χ0n) is 9.14. The van der Waals surface area contributed by atoms with Gasteiger partial charge in [-0.1, -0.05) is 18.2 Å². The van der Waals surface area contributed by atoms with E-state index in [4.69, 9.17) is 0 Å². The largest absolute Gasteiger partial charge is 0.390 e. The number of rotatable bonds is 3. The van der Waals surface area contributed by atoms with Gasteiger partial charge in [0, 0.05) is 11.9 Å². The van der Waals surface area contributed by atoms with Gasteiger partial charge in [-0.15, -0.1) is 0 Å². The molecule has 0 aliphatic rings. The average Bonchev–Trinajstić information content (AvgIpc) is 2.57. The fraction of sp³-hybridized carbons (Fsp3) is 0.417. The molecule has 0 spiro atoms. The zero-order valence-corrected chi connectivity index (χ0v) is 9.14. The summed E-state index contributed by atoms with van der Waals surface area (Å²) in [5.41, 5.74) is 0.495. The van der Waals surface area contributed by atoms with Gasteiger partial charge < -0.3 is 5.11 Å². The molecule has 0 atom stereocenters. The molecule has 1 N–H and O–H groups in total. The molecular weight excluding hydrogens is 188 g/mol. The lowest BCUT2D eigenvalue weighted by Gasteiger charge is -2.16. The molecule has 1 aromatic carbocycles. The second kappa shape index (κ2) is 3.66. The smallest absolute Gasteiger partial charge is 0.0682 e. The summed E-state index contributed by atoms with van der Waals surface area (Å²) < 4.78 is 1.94. The molecule has 0 aliphatic heterocycles. The molecule has 2 aromatic rings. The molecule has 0 unspecified atom stereocenters. The van der Waals surface area contributed by atoms with Crippen LogP contribution in [0, 0.1) is 0 Å². The first-order valence-corrected chi connectivity index (χ1v) is 5.19. The molecule has 3 heteroatoms. The molecule has 15 heavy (non-hydrogen) atoms. The van der Waals surface area contributed by atoms with Gasteiger partial charge in [0.25, 0.3) is 0 Å². The van der Waals surface area contributed by atoms with E-state index in [0.717, 1.165) is 17.4 Å². The van der Waals surface area contributed by atoms with Crippen LogP contribution in [0.3, 0.4) is 0 Å². The second-order valence-electron chi connectivity index (χ2n) is 4.49. The van der Waals surface area contributed by atoms with E-state index in [1.165, 1.54) is 0 Å². The number of hydrogen-bond acceptors (Lipinski definition) is 2. The van der Waals surface area contributed by atoms with E-state index < -0.39 is 5.60 Å². The second-order valence-corrected chi connectivity index (χ2v) is 4.49. The van der Waals surface area contributed by atoms with Gasteiger partial charge in [0.15, 0.2) is 0 Å². The monoisotopic (exact) mass is 204 g/mol. The third-order valence-corrected chi connectivity index (χ3v) is 2.49. The van der Waals surface area contributed by atoms with Crippen molar-refractivity contribution in [3.05, 3.63) is 30.5 Å².